The number of amides is 1. The number of nitrogens with zero attached hydrogens (tertiary/aromatic N) is 5. The minimum absolute atomic E-state index is 0. The standard InChI is InChI=1S/C16H18N4.C9H12N4O2.3C2H6.CH4/c1-11-9-12(5-7-17-11)14-3-4-15-16(18-14)19(2)13-6-8-20(15)10-13;1-6-12-4-8(15-6)7(3-10)2-9(11)13-5-14;3*1-2;/h3-5,7,9,13H,6,8,10H2,1-2H3;2-5H,10-11H2,1H3,(H,13,14);3*1-2H3;1H4/b;7-3+,9-2+;;;;. The van der Waals surface area contributed by atoms with E-state index >= 15 is 0 Å². The first-order valence-corrected chi connectivity index (χ1v) is 14.3. The van der Waals surface area contributed by atoms with Gasteiger partial charge in [0.25, 0.3) is 0 Å². The number of hydrogen-bond donors (Lipinski definition) is 3. The number of aromatic nitrogens is 3. The molecule has 1 fully saturated rings. The van der Waals surface area contributed by atoms with Gasteiger partial charge in [-0.05, 0) is 43.7 Å². The molecule has 232 valence electrons. The Morgan fingerprint density at radius 3 is 2.36 bits per heavy atom. The molecule has 1 atom stereocenters. The van der Waals surface area contributed by atoms with Gasteiger partial charge in [-0.15, -0.1) is 0 Å². The maximum Gasteiger partial charge on any atom is 0.212 e. The Kier molecular flexibility index (Phi) is 17.7. The zero-order valence-corrected chi connectivity index (χ0v) is 26.1. The number of nitrogens with two attached hydrogens (primary N) is 2. The molecule has 3 aromatic heterocycles. The summed E-state index contributed by atoms with van der Waals surface area (Å²) in [5.74, 6) is 2.31. The molecular weight excluding hydrogens is 528 g/mol. The first-order chi connectivity index (χ1) is 19.9. The Morgan fingerprint density at radius 2 is 1.79 bits per heavy atom. The van der Waals surface area contributed by atoms with Crippen LogP contribution in [0.4, 0.5) is 11.5 Å². The molecule has 1 saturated heterocycles. The van der Waals surface area contributed by atoms with Crippen LogP contribution in [0.5, 0.6) is 0 Å². The van der Waals surface area contributed by atoms with E-state index in [1.54, 1.807) is 6.92 Å². The van der Waals surface area contributed by atoms with Crippen molar-refractivity contribution in [1.82, 2.24) is 20.3 Å². The molecule has 5 heterocycles. The number of aryl methyl sites for hydroxylation is 2. The number of rotatable bonds is 5. The lowest BCUT2D eigenvalue weighted by molar-refractivity contribution is -0.108. The summed E-state index contributed by atoms with van der Waals surface area (Å²) in [5, 5.41) is 2.29. The van der Waals surface area contributed by atoms with Crippen LogP contribution in [0.25, 0.3) is 16.8 Å². The predicted octanol–water partition coefficient (Wildman–Crippen LogP) is 6.02. The Labute approximate surface area is 252 Å². The molecule has 0 radical (unpaired) electrons. The van der Waals surface area contributed by atoms with Gasteiger partial charge >= 0.3 is 0 Å². The number of nitrogens with one attached hydrogen (secondary N) is 1. The van der Waals surface area contributed by atoms with Crippen LogP contribution < -0.4 is 26.6 Å². The van der Waals surface area contributed by atoms with Crippen molar-refractivity contribution in [1.29, 1.82) is 0 Å². The average Bonchev–Trinajstić information content (AvgIpc) is 3.66. The van der Waals surface area contributed by atoms with Gasteiger partial charge in [0.15, 0.2) is 17.5 Å². The van der Waals surface area contributed by atoms with Crippen LogP contribution >= 0.6 is 0 Å². The predicted molar refractivity (Wildman–Crippen MR) is 177 cm³/mol. The molecule has 2 aliphatic heterocycles. The van der Waals surface area contributed by atoms with Crippen LogP contribution in [-0.2, 0) is 4.79 Å². The second-order valence-corrected chi connectivity index (χ2v) is 8.45. The first kappa shape index (κ1) is 37.7. The highest BCUT2D eigenvalue weighted by atomic mass is 16.4. The number of carbonyl (C=O) groups is 1. The number of hydrogen-bond acceptors (Lipinski definition) is 9. The molecule has 0 saturated carbocycles. The molecule has 1 unspecified atom stereocenters. The normalized spacial score (nSPS) is 14.5. The topological polar surface area (TPSA) is 139 Å². The molecule has 0 aliphatic carbocycles. The van der Waals surface area contributed by atoms with Crippen LogP contribution in [0.1, 0.15) is 72.7 Å². The van der Waals surface area contributed by atoms with E-state index in [-0.39, 0.29) is 13.2 Å². The zero-order chi connectivity index (χ0) is 30.9. The molecule has 5 rings (SSSR count). The molecule has 42 heavy (non-hydrogen) atoms. The highest BCUT2D eigenvalue weighted by Gasteiger charge is 2.34. The van der Waals surface area contributed by atoms with Crippen molar-refractivity contribution in [3.8, 4) is 11.3 Å². The van der Waals surface area contributed by atoms with Crippen LogP contribution in [-0.4, -0.2) is 47.5 Å². The summed E-state index contributed by atoms with van der Waals surface area (Å²) < 4.78 is 5.24. The van der Waals surface area contributed by atoms with Gasteiger partial charge in [0.05, 0.1) is 17.6 Å². The van der Waals surface area contributed by atoms with Crippen molar-refractivity contribution >= 4 is 23.5 Å². The van der Waals surface area contributed by atoms with Crippen LogP contribution in [0.3, 0.4) is 0 Å². The molecule has 10 heteroatoms. The van der Waals surface area contributed by atoms with E-state index in [1.807, 2.05) is 60.7 Å². The third-order valence-electron chi connectivity index (χ3n) is 6.05. The molecule has 2 bridgehead atoms. The number of oxazole rings is 1. The molecule has 0 aromatic carbocycles. The fourth-order valence-corrected chi connectivity index (χ4v) is 4.24. The monoisotopic (exact) mass is 580 g/mol. The number of anilines is 2. The number of carbonyl (C=O) groups excluding carboxylic acids is 1. The van der Waals surface area contributed by atoms with E-state index in [0.717, 1.165) is 35.9 Å². The Bertz CT molecular complexity index is 1270. The molecule has 5 N–H and O–H groups in total. The smallest absolute Gasteiger partial charge is 0.212 e. The van der Waals surface area contributed by atoms with Gasteiger partial charge in [-0.1, -0.05) is 49.0 Å². The van der Waals surface area contributed by atoms with E-state index < -0.39 is 0 Å². The number of pyridine rings is 2. The summed E-state index contributed by atoms with van der Waals surface area (Å²) >= 11 is 0. The molecule has 2 aliphatic rings. The third kappa shape index (κ3) is 9.94. The summed E-state index contributed by atoms with van der Waals surface area (Å²) in [6.07, 6.45) is 7.89. The van der Waals surface area contributed by atoms with Crippen molar-refractivity contribution in [3.05, 3.63) is 72.1 Å². The lowest BCUT2D eigenvalue weighted by Gasteiger charge is -2.34. The quantitative estimate of drug-likeness (QED) is 0.244. The molecule has 1 amide bonds. The highest BCUT2D eigenvalue weighted by Crippen LogP contribution is 2.38. The fraction of sp³-hybridized carbons (Fsp3) is 0.438. The molecular formula is C32H52N8O2. The van der Waals surface area contributed by atoms with Gasteiger partial charge in [-0.3, -0.25) is 9.78 Å². The summed E-state index contributed by atoms with van der Waals surface area (Å²) in [5.41, 5.74) is 15.9. The summed E-state index contributed by atoms with van der Waals surface area (Å²) in [7, 11) is 2.17. The van der Waals surface area contributed by atoms with Crippen molar-refractivity contribution in [3.63, 3.8) is 0 Å². The van der Waals surface area contributed by atoms with Gasteiger partial charge in [-0.2, -0.15) is 0 Å². The van der Waals surface area contributed by atoms with Gasteiger partial charge in [0.2, 0.25) is 6.41 Å². The van der Waals surface area contributed by atoms with Crippen molar-refractivity contribution in [2.75, 3.05) is 29.9 Å². The molecule has 0 spiro atoms. The highest BCUT2D eigenvalue weighted by molar-refractivity contribution is 5.75. The van der Waals surface area contributed by atoms with Crippen molar-refractivity contribution in [2.45, 2.75) is 75.3 Å². The van der Waals surface area contributed by atoms with Crippen molar-refractivity contribution < 1.29 is 9.21 Å². The van der Waals surface area contributed by atoms with Crippen molar-refractivity contribution in [2.24, 2.45) is 11.5 Å². The van der Waals surface area contributed by atoms with E-state index in [1.165, 1.54) is 30.6 Å². The fourth-order valence-electron chi connectivity index (χ4n) is 4.24. The minimum Gasteiger partial charge on any atom is -0.441 e. The van der Waals surface area contributed by atoms with Gasteiger partial charge < -0.3 is 31.0 Å². The number of fused-ring (bicyclic) bond motifs is 4. The number of likely N-dealkylation sites (N-methyl/N-ethyl adjacent to an activating group) is 1. The number of allylic oxidation sites excluding steroid dienone is 2. The van der Waals surface area contributed by atoms with Gasteiger partial charge in [-0.25, -0.2) is 9.97 Å². The lowest BCUT2D eigenvalue weighted by Crippen LogP contribution is -2.40. The summed E-state index contributed by atoms with van der Waals surface area (Å²) in [6.45, 7) is 18.0. The lowest BCUT2D eigenvalue weighted by atomic mass is 10.1. The second-order valence-electron chi connectivity index (χ2n) is 8.45. The Hall–Kier alpha value is -4.34. The molecule has 10 nitrogen and oxygen atoms in total. The van der Waals surface area contributed by atoms with E-state index in [9.17, 15) is 4.79 Å². The zero-order valence-electron chi connectivity index (χ0n) is 26.1. The third-order valence-corrected chi connectivity index (χ3v) is 6.05. The minimum atomic E-state index is 0. The first-order valence-electron chi connectivity index (χ1n) is 14.3. The maximum absolute atomic E-state index is 10.1. The van der Waals surface area contributed by atoms with Gasteiger partial charge in [0, 0.05) is 62.3 Å². The average molecular weight is 581 g/mol. The van der Waals surface area contributed by atoms with Crippen LogP contribution in [0, 0.1) is 13.8 Å². The van der Waals surface area contributed by atoms with E-state index in [4.69, 9.17) is 20.9 Å². The van der Waals surface area contributed by atoms with Crippen LogP contribution in [0.2, 0.25) is 0 Å². The summed E-state index contributed by atoms with van der Waals surface area (Å²) in [4.78, 5) is 28.0. The molecule has 3 aromatic rings. The summed E-state index contributed by atoms with van der Waals surface area (Å²) in [6, 6.07) is 9.07. The van der Waals surface area contributed by atoms with E-state index in [0.29, 0.717) is 29.7 Å². The van der Waals surface area contributed by atoms with Gasteiger partial charge in [0.1, 0.15) is 5.82 Å². The van der Waals surface area contributed by atoms with Crippen LogP contribution in [0.15, 0.2) is 59.2 Å². The SMILES string of the molecule is C.CC.CC.CC.Cc1cc(-c2ccc3c(n2)N(C)C2CCN3C2)ccn1.Cc1ncc(C(/C=C(\N)NC=O)=C/N)o1. The van der Waals surface area contributed by atoms with E-state index in [2.05, 4.69) is 50.3 Å². The second kappa shape index (κ2) is 19.7. The largest absolute Gasteiger partial charge is 0.441 e. The Balaban J connectivity index is 0.000000687. The maximum atomic E-state index is 10.1. The Morgan fingerprint density at radius 1 is 1.10 bits per heavy atom.